The van der Waals surface area contributed by atoms with Crippen LogP contribution < -0.4 is 10.3 Å². The summed E-state index contributed by atoms with van der Waals surface area (Å²) in [6.07, 6.45) is -4.30. The molecule has 0 bridgehead atoms. The second kappa shape index (κ2) is 10.4. The maximum absolute atomic E-state index is 13.4. The van der Waals surface area contributed by atoms with Crippen molar-refractivity contribution >= 4 is 34.7 Å². The highest BCUT2D eigenvalue weighted by atomic mass is 35.5. The Hall–Kier alpha value is -4.18. The zero-order valence-electron chi connectivity index (χ0n) is 19.5. The van der Waals surface area contributed by atoms with Crippen LogP contribution >= 0.6 is 11.6 Å². The molecule has 1 atom stereocenters. The average Bonchev–Trinajstić information content (AvgIpc) is 2.88. The lowest BCUT2D eigenvalue weighted by molar-refractivity contribution is -0.148. The molecule has 7 nitrogen and oxygen atoms in total. The topological polar surface area (TPSA) is 82.8 Å². The van der Waals surface area contributed by atoms with Gasteiger partial charge in [-0.1, -0.05) is 35.9 Å². The molecule has 0 saturated heterocycles. The molecule has 0 aliphatic carbocycles. The maximum Gasteiger partial charge on any atom is 0.416 e. The van der Waals surface area contributed by atoms with Gasteiger partial charge in [-0.05, 0) is 49.4 Å². The lowest BCUT2D eigenvalue weighted by Crippen LogP contribution is -2.25. The first kappa shape index (κ1) is 25.9. The van der Waals surface area contributed by atoms with E-state index < -0.39 is 29.4 Å². The van der Waals surface area contributed by atoms with Crippen molar-refractivity contribution in [2.75, 3.05) is 7.11 Å². The van der Waals surface area contributed by atoms with Gasteiger partial charge >= 0.3 is 12.1 Å². The number of ether oxygens (including phenoxy) is 2. The van der Waals surface area contributed by atoms with Gasteiger partial charge < -0.3 is 9.47 Å². The Morgan fingerprint density at radius 1 is 1.11 bits per heavy atom. The summed E-state index contributed by atoms with van der Waals surface area (Å²) in [5.41, 5.74) is -0.855. The van der Waals surface area contributed by atoms with Crippen molar-refractivity contribution in [1.82, 2.24) is 9.66 Å². The van der Waals surface area contributed by atoms with Gasteiger partial charge in [0.05, 0.1) is 29.8 Å². The van der Waals surface area contributed by atoms with E-state index in [2.05, 4.69) is 14.8 Å². The van der Waals surface area contributed by atoms with Crippen LogP contribution in [0.2, 0.25) is 5.02 Å². The van der Waals surface area contributed by atoms with E-state index in [1.807, 2.05) is 0 Å². The molecule has 0 fully saturated rings. The predicted molar refractivity (Wildman–Crippen MR) is 133 cm³/mol. The highest BCUT2D eigenvalue weighted by Crippen LogP contribution is 2.32. The number of para-hydroxylation sites is 1. The Kier molecular flexibility index (Phi) is 7.30. The normalized spacial score (nSPS) is 12.6. The van der Waals surface area contributed by atoms with E-state index in [-0.39, 0.29) is 22.5 Å². The van der Waals surface area contributed by atoms with Crippen molar-refractivity contribution in [2.24, 2.45) is 5.10 Å². The number of halogens is 4. The summed E-state index contributed by atoms with van der Waals surface area (Å²) >= 11 is 6.13. The molecule has 0 saturated carbocycles. The minimum absolute atomic E-state index is 0.0386. The standard InChI is InChI=1S/C26H19ClF3N3O4/c1-15(25(35)36-2)37-22-11-10-19(27)13-17(22)14-31-33-23(16-6-5-7-18(12-16)26(28,29)30)32-21-9-4-3-8-20(21)24(33)34/h3-15H,1-2H3/t15-/m1/s1. The Labute approximate surface area is 213 Å². The highest BCUT2D eigenvalue weighted by Gasteiger charge is 2.31. The molecule has 0 N–H and O–H groups in total. The number of benzene rings is 3. The molecule has 0 spiro atoms. The first-order valence-corrected chi connectivity index (χ1v) is 11.2. The number of rotatable bonds is 6. The number of methoxy groups -OCH3 is 1. The number of fused-ring (bicyclic) bond motifs is 1. The fraction of sp³-hybridized carbons (Fsp3) is 0.154. The number of nitrogens with zero attached hydrogens (tertiary/aromatic N) is 3. The van der Waals surface area contributed by atoms with E-state index in [9.17, 15) is 22.8 Å². The smallest absolute Gasteiger partial charge is 0.416 e. The first-order chi connectivity index (χ1) is 17.6. The van der Waals surface area contributed by atoms with Gasteiger partial charge in [0, 0.05) is 16.1 Å². The summed E-state index contributed by atoms with van der Waals surface area (Å²) in [6, 6.07) is 15.4. The van der Waals surface area contributed by atoms with Crippen molar-refractivity contribution in [1.29, 1.82) is 0 Å². The highest BCUT2D eigenvalue weighted by molar-refractivity contribution is 6.30. The quantitative estimate of drug-likeness (QED) is 0.241. The number of aromatic nitrogens is 2. The second-order valence-corrected chi connectivity index (χ2v) is 8.29. The van der Waals surface area contributed by atoms with Crippen LogP contribution in [0.15, 0.2) is 76.6 Å². The van der Waals surface area contributed by atoms with E-state index in [1.165, 1.54) is 50.6 Å². The van der Waals surface area contributed by atoms with E-state index in [4.69, 9.17) is 16.3 Å². The van der Waals surface area contributed by atoms with E-state index in [0.29, 0.717) is 16.1 Å². The molecule has 11 heteroatoms. The van der Waals surface area contributed by atoms with Gasteiger partial charge in [0.2, 0.25) is 0 Å². The minimum Gasteiger partial charge on any atom is -0.478 e. The Morgan fingerprint density at radius 3 is 2.59 bits per heavy atom. The van der Waals surface area contributed by atoms with E-state index >= 15 is 0 Å². The van der Waals surface area contributed by atoms with Crippen molar-refractivity contribution < 1.29 is 27.4 Å². The Balaban J connectivity index is 1.88. The van der Waals surface area contributed by atoms with Gasteiger partial charge in [-0.2, -0.15) is 22.9 Å². The van der Waals surface area contributed by atoms with Gasteiger partial charge in [0.25, 0.3) is 5.56 Å². The van der Waals surface area contributed by atoms with Gasteiger partial charge in [0.1, 0.15) is 5.75 Å². The molecule has 0 aliphatic heterocycles. The average molecular weight is 530 g/mol. The molecule has 1 aromatic heterocycles. The van der Waals surface area contributed by atoms with E-state index in [1.54, 1.807) is 24.3 Å². The Morgan fingerprint density at radius 2 is 1.86 bits per heavy atom. The molecule has 0 radical (unpaired) electrons. The third kappa shape index (κ3) is 5.64. The van der Waals surface area contributed by atoms with Gasteiger partial charge in [-0.25, -0.2) is 9.78 Å². The van der Waals surface area contributed by atoms with Crippen LogP contribution in [0.1, 0.15) is 18.1 Å². The third-order valence-corrected chi connectivity index (χ3v) is 5.56. The predicted octanol–water partition coefficient (Wildman–Crippen LogP) is 5.56. The van der Waals surface area contributed by atoms with Gasteiger partial charge in [0.15, 0.2) is 11.9 Å². The lowest BCUT2D eigenvalue weighted by Gasteiger charge is -2.15. The number of hydrogen-bond donors (Lipinski definition) is 0. The van der Waals surface area contributed by atoms with Crippen molar-refractivity contribution in [3.05, 3.63) is 93.2 Å². The molecule has 3 aromatic carbocycles. The van der Waals surface area contributed by atoms with Crippen LogP contribution in [0.4, 0.5) is 13.2 Å². The fourth-order valence-corrected chi connectivity index (χ4v) is 3.68. The third-order valence-electron chi connectivity index (χ3n) is 5.32. The van der Waals surface area contributed by atoms with Crippen LogP contribution in [0.3, 0.4) is 0 Å². The summed E-state index contributed by atoms with van der Waals surface area (Å²) in [5.74, 6) is -0.494. The summed E-state index contributed by atoms with van der Waals surface area (Å²) in [5, 5.41) is 4.79. The van der Waals surface area contributed by atoms with Gasteiger partial charge in [-0.3, -0.25) is 4.79 Å². The molecule has 190 valence electrons. The van der Waals surface area contributed by atoms with Gasteiger partial charge in [-0.15, -0.1) is 0 Å². The number of carbonyl (C=O) groups excluding carboxylic acids is 1. The van der Waals surface area contributed by atoms with Crippen LogP contribution in [0.25, 0.3) is 22.3 Å². The number of esters is 1. The molecular formula is C26H19ClF3N3O4. The molecule has 0 amide bonds. The molecule has 4 rings (SSSR count). The fourth-order valence-electron chi connectivity index (χ4n) is 3.50. The summed E-state index contributed by atoms with van der Waals surface area (Å²) < 4.78 is 51.4. The van der Waals surface area contributed by atoms with Crippen LogP contribution in [0, 0.1) is 0 Å². The van der Waals surface area contributed by atoms with Crippen molar-refractivity contribution in [3.8, 4) is 17.1 Å². The van der Waals surface area contributed by atoms with Crippen LogP contribution in [0.5, 0.6) is 5.75 Å². The molecule has 37 heavy (non-hydrogen) atoms. The van der Waals surface area contributed by atoms with Crippen LogP contribution in [-0.2, 0) is 15.7 Å². The summed E-state index contributed by atoms with van der Waals surface area (Å²) in [4.78, 5) is 29.6. The summed E-state index contributed by atoms with van der Waals surface area (Å²) in [6.45, 7) is 1.49. The largest absolute Gasteiger partial charge is 0.478 e. The van der Waals surface area contributed by atoms with Crippen molar-refractivity contribution in [3.63, 3.8) is 0 Å². The first-order valence-electron chi connectivity index (χ1n) is 10.9. The number of carbonyl (C=O) groups is 1. The monoisotopic (exact) mass is 529 g/mol. The molecule has 4 aromatic rings. The molecule has 1 heterocycles. The molecular weight excluding hydrogens is 511 g/mol. The zero-order valence-corrected chi connectivity index (χ0v) is 20.2. The summed E-state index contributed by atoms with van der Waals surface area (Å²) in [7, 11) is 1.22. The minimum atomic E-state index is -4.59. The maximum atomic E-state index is 13.4. The zero-order chi connectivity index (χ0) is 26.7. The number of alkyl halides is 3. The van der Waals surface area contributed by atoms with Crippen molar-refractivity contribution in [2.45, 2.75) is 19.2 Å². The molecule has 0 unspecified atom stereocenters. The van der Waals surface area contributed by atoms with E-state index in [0.717, 1.165) is 16.8 Å². The SMILES string of the molecule is COC(=O)[C@@H](C)Oc1ccc(Cl)cc1C=Nn1c(-c2cccc(C(F)(F)F)c2)nc2ccccc2c1=O. The van der Waals surface area contributed by atoms with Crippen LogP contribution in [-0.4, -0.2) is 35.1 Å². The lowest BCUT2D eigenvalue weighted by atomic mass is 10.1. The Bertz CT molecular complexity index is 1570. The molecule has 0 aliphatic rings. The second-order valence-electron chi connectivity index (χ2n) is 7.86. The number of hydrogen-bond acceptors (Lipinski definition) is 6.